The van der Waals surface area contributed by atoms with Crippen molar-refractivity contribution in [3.63, 3.8) is 0 Å². The van der Waals surface area contributed by atoms with Gasteiger partial charge in [-0.3, -0.25) is 4.90 Å². The average Bonchev–Trinajstić information content (AvgIpc) is 2.88. The molecule has 1 unspecified atom stereocenters. The van der Waals surface area contributed by atoms with E-state index in [0.717, 1.165) is 12.1 Å². The van der Waals surface area contributed by atoms with Gasteiger partial charge in [-0.2, -0.15) is 10.2 Å². The molecule has 2 aliphatic rings. The minimum absolute atomic E-state index is 0.347. The van der Waals surface area contributed by atoms with E-state index in [1.165, 1.54) is 5.56 Å². The van der Waals surface area contributed by atoms with Crippen molar-refractivity contribution in [2.24, 2.45) is 15.6 Å². The van der Waals surface area contributed by atoms with Gasteiger partial charge >= 0.3 is 6.09 Å². The van der Waals surface area contributed by atoms with Gasteiger partial charge in [0.05, 0.1) is 11.1 Å². The summed E-state index contributed by atoms with van der Waals surface area (Å²) in [6.45, 7) is 6.07. The van der Waals surface area contributed by atoms with E-state index >= 15 is 0 Å². The van der Waals surface area contributed by atoms with Crippen LogP contribution in [0.5, 0.6) is 0 Å². The summed E-state index contributed by atoms with van der Waals surface area (Å²) in [7, 11) is 0. The molecule has 0 radical (unpaired) electrons. The summed E-state index contributed by atoms with van der Waals surface area (Å²) in [6, 6.07) is 10.2. The highest BCUT2D eigenvalue weighted by atomic mass is 16.6. The normalized spacial score (nSPS) is 22.7. The van der Waals surface area contributed by atoms with E-state index in [1.807, 2.05) is 51.3 Å². The Hall–Kier alpha value is -2.43. The van der Waals surface area contributed by atoms with Gasteiger partial charge in [0.25, 0.3) is 0 Å². The van der Waals surface area contributed by atoms with Crippen molar-refractivity contribution in [1.82, 2.24) is 4.90 Å². The van der Waals surface area contributed by atoms with Crippen LogP contribution in [0.15, 0.2) is 52.8 Å². The van der Waals surface area contributed by atoms with Crippen LogP contribution in [0.3, 0.4) is 0 Å². The van der Waals surface area contributed by atoms with Crippen molar-refractivity contribution in [1.29, 1.82) is 0 Å². The molecular formula is C18H21N3O2. The summed E-state index contributed by atoms with van der Waals surface area (Å²) in [4.78, 5) is 14.0. The summed E-state index contributed by atoms with van der Waals surface area (Å²) < 4.78 is 5.47. The van der Waals surface area contributed by atoms with Crippen molar-refractivity contribution >= 4 is 18.0 Å². The van der Waals surface area contributed by atoms with Gasteiger partial charge in [-0.25, -0.2) is 4.79 Å². The molecule has 0 N–H and O–H groups in total. The highest BCUT2D eigenvalue weighted by molar-refractivity contribution is 6.13. The van der Waals surface area contributed by atoms with E-state index in [2.05, 4.69) is 22.3 Å². The van der Waals surface area contributed by atoms with Gasteiger partial charge in [0.15, 0.2) is 0 Å². The molecule has 0 bridgehead atoms. The average molecular weight is 311 g/mol. The predicted octanol–water partition coefficient (Wildman–Crippen LogP) is 3.42. The monoisotopic (exact) mass is 311 g/mol. The lowest BCUT2D eigenvalue weighted by atomic mass is 9.77. The Kier molecular flexibility index (Phi) is 3.80. The molecule has 2 heterocycles. The zero-order chi connectivity index (χ0) is 16.5. The standard InChI is InChI=1S/C18H21N3O2/c1-17(2,3)23-16(22)21-10-9-15-18(13-21,12-19-20-15)11-14-7-5-4-6-8-14/h4-10,12H,11,13H2,1-3H3. The SMILES string of the molecule is CC(C)(C)OC(=O)N1C=CC2=NN=CC2(Cc2ccccc2)C1. The summed E-state index contributed by atoms with van der Waals surface area (Å²) in [6.07, 6.45) is 5.82. The zero-order valence-corrected chi connectivity index (χ0v) is 13.7. The van der Waals surface area contributed by atoms with Gasteiger partial charge in [0.2, 0.25) is 0 Å². The molecule has 0 spiro atoms. The number of carbonyl (C=O) groups is 1. The van der Waals surface area contributed by atoms with E-state index in [-0.39, 0.29) is 11.5 Å². The Morgan fingerprint density at radius 3 is 2.74 bits per heavy atom. The number of hydrogen-bond donors (Lipinski definition) is 0. The Morgan fingerprint density at radius 1 is 1.30 bits per heavy atom. The van der Waals surface area contributed by atoms with Crippen molar-refractivity contribution < 1.29 is 9.53 Å². The number of allylic oxidation sites excluding steroid dienone is 1. The van der Waals surface area contributed by atoms with Crippen LogP contribution in [0.4, 0.5) is 4.79 Å². The predicted molar refractivity (Wildman–Crippen MR) is 90.6 cm³/mol. The van der Waals surface area contributed by atoms with E-state index in [1.54, 1.807) is 11.1 Å². The smallest absolute Gasteiger partial charge is 0.414 e. The fourth-order valence-corrected chi connectivity index (χ4v) is 2.80. The molecule has 0 aliphatic carbocycles. The second kappa shape index (κ2) is 5.65. The van der Waals surface area contributed by atoms with E-state index in [0.29, 0.717) is 6.54 Å². The van der Waals surface area contributed by atoms with Crippen LogP contribution in [0.25, 0.3) is 0 Å². The lowest BCUT2D eigenvalue weighted by Gasteiger charge is -2.36. The minimum atomic E-state index is -0.518. The molecule has 1 aromatic carbocycles. The molecule has 120 valence electrons. The quantitative estimate of drug-likeness (QED) is 0.840. The summed E-state index contributed by atoms with van der Waals surface area (Å²) in [5.74, 6) is 0. The zero-order valence-electron chi connectivity index (χ0n) is 13.7. The number of nitrogens with zero attached hydrogens (tertiary/aromatic N) is 3. The largest absolute Gasteiger partial charge is 0.443 e. The highest BCUT2D eigenvalue weighted by Crippen LogP contribution is 2.32. The summed E-state index contributed by atoms with van der Waals surface area (Å²) >= 11 is 0. The molecule has 0 aromatic heterocycles. The van der Waals surface area contributed by atoms with Crippen molar-refractivity contribution in [3.8, 4) is 0 Å². The maximum absolute atomic E-state index is 12.4. The molecule has 1 atom stereocenters. The summed E-state index contributed by atoms with van der Waals surface area (Å²) in [5, 5.41) is 8.31. The number of amides is 1. The molecule has 23 heavy (non-hydrogen) atoms. The van der Waals surface area contributed by atoms with Gasteiger partial charge in [-0.05, 0) is 38.8 Å². The number of rotatable bonds is 2. The molecule has 1 amide bonds. The lowest BCUT2D eigenvalue weighted by molar-refractivity contribution is 0.0310. The molecular weight excluding hydrogens is 290 g/mol. The van der Waals surface area contributed by atoms with Crippen LogP contribution in [-0.2, 0) is 11.2 Å². The fourth-order valence-electron chi connectivity index (χ4n) is 2.80. The summed E-state index contributed by atoms with van der Waals surface area (Å²) in [5.41, 5.74) is 1.18. The van der Waals surface area contributed by atoms with Crippen LogP contribution in [0.1, 0.15) is 26.3 Å². The second-order valence-electron chi connectivity index (χ2n) is 6.97. The van der Waals surface area contributed by atoms with Crippen LogP contribution in [-0.4, -0.2) is 35.1 Å². The Balaban J connectivity index is 1.82. The first-order valence-electron chi connectivity index (χ1n) is 7.72. The van der Waals surface area contributed by atoms with Gasteiger partial charge in [-0.1, -0.05) is 30.3 Å². The van der Waals surface area contributed by atoms with Gasteiger partial charge < -0.3 is 4.74 Å². The molecule has 0 fully saturated rings. The van der Waals surface area contributed by atoms with Gasteiger partial charge in [-0.15, -0.1) is 0 Å². The molecule has 5 nitrogen and oxygen atoms in total. The first-order chi connectivity index (χ1) is 10.9. The van der Waals surface area contributed by atoms with Crippen molar-refractivity contribution in [2.75, 3.05) is 6.54 Å². The second-order valence-corrected chi connectivity index (χ2v) is 6.97. The molecule has 2 aliphatic heterocycles. The number of hydrogen-bond acceptors (Lipinski definition) is 4. The third-order valence-electron chi connectivity index (χ3n) is 3.84. The lowest BCUT2D eigenvalue weighted by Crippen LogP contribution is -2.48. The van der Waals surface area contributed by atoms with E-state index in [9.17, 15) is 4.79 Å². The van der Waals surface area contributed by atoms with E-state index < -0.39 is 5.60 Å². The van der Waals surface area contributed by atoms with Crippen LogP contribution < -0.4 is 0 Å². The molecule has 1 aromatic rings. The Morgan fingerprint density at radius 2 is 2.04 bits per heavy atom. The Labute approximate surface area is 136 Å². The topological polar surface area (TPSA) is 54.3 Å². The maximum Gasteiger partial charge on any atom is 0.414 e. The number of fused-ring (bicyclic) bond motifs is 1. The van der Waals surface area contributed by atoms with E-state index in [4.69, 9.17) is 4.74 Å². The van der Waals surface area contributed by atoms with Crippen LogP contribution in [0, 0.1) is 5.41 Å². The van der Waals surface area contributed by atoms with Crippen molar-refractivity contribution in [3.05, 3.63) is 48.2 Å². The van der Waals surface area contributed by atoms with Crippen LogP contribution >= 0.6 is 0 Å². The molecule has 3 rings (SSSR count). The van der Waals surface area contributed by atoms with Crippen LogP contribution in [0.2, 0.25) is 0 Å². The molecule has 0 saturated heterocycles. The minimum Gasteiger partial charge on any atom is -0.443 e. The maximum atomic E-state index is 12.4. The molecule has 0 saturated carbocycles. The highest BCUT2D eigenvalue weighted by Gasteiger charge is 2.42. The number of ether oxygens (including phenoxy) is 1. The first-order valence-corrected chi connectivity index (χ1v) is 7.72. The molecule has 5 heteroatoms. The number of benzene rings is 1. The van der Waals surface area contributed by atoms with Crippen molar-refractivity contribution in [2.45, 2.75) is 32.8 Å². The van der Waals surface area contributed by atoms with Gasteiger partial charge in [0, 0.05) is 19.0 Å². The fraction of sp³-hybridized carbons (Fsp3) is 0.389. The third-order valence-corrected chi connectivity index (χ3v) is 3.84. The van der Waals surface area contributed by atoms with Gasteiger partial charge in [0.1, 0.15) is 5.60 Å². The first kappa shape index (κ1) is 15.5. The third kappa shape index (κ3) is 3.33. The Bertz CT molecular complexity index is 686. The number of carbonyl (C=O) groups excluding carboxylic acids is 1.